The summed E-state index contributed by atoms with van der Waals surface area (Å²) >= 11 is 0. The Balaban J connectivity index is 0.00000225. The number of phenols is 2. The van der Waals surface area contributed by atoms with E-state index in [2.05, 4.69) is 4.74 Å². The van der Waals surface area contributed by atoms with Gasteiger partial charge in [0.15, 0.2) is 0 Å². The van der Waals surface area contributed by atoms with E-state index in [1.165, 1.54) is 25.3 Å². The molecule has 0 saturated carbocycles. The zero-order chi connectivity index (χ0) is 11.4. The van der Waals surface area contributed by atoms with E-state index in [9.17, 15) is 15.0 Å². The summed E-state index contributed by atoms with van der Waals surface area (Å²) in [6.07, 6.45) is -0.0481. The molecule has 4 N–H and O–H groups in total. The first-order chi connectivity index (χ1) is 7.04. The topological polar surface area (TPSA) is 92.8 Å². The van der Waals surface area contributed by atoms with Crippen LogP contribution in [0.3, 0.4) is 0 Å². The third-order valence-electron chi connectivity index (χ3n) is 2.02. The number of esters is 1. The minimum absolute atomic E-state index is 0. The van der Waals surface area contributed by atoms with E-state index in [-0.39, 0.29) is 30.3 Å². The lowest BCUT2D eigenvalue weighted by Gasteiger charge is -2.12. The maximum atomic E-state index is 10.9. The summed E-state index contributed by atoms with van der Waals surface area (Å²) in [5.74, 6) is -0.530. The number of hydrogen-bond acceptors (Lipinski definition) is 5. The van der Waals surface area contributed by atoms with Crippen molar-refractivity contribution in [3.05, 3.63) is 23.8 Å². The molecule has 6 heteroatoms. The maximum absolute atomic E-state index is 10.9. The van der Waals surface area contributed by atoms with Crippen LogP contribution in [0.1, 0.15) is 18.0 Å². The van der Waals surface area contributed by atoms with Gasteiger partial charge in [0.25, 0.3) is 0 Å². The number of carbonyl (C=O) groups is 1. The molecule has 0 bridgehead atoms. The second-order valence-corrected chi connectivity index (χ2v) is 3.13. The molecule has 1 rings (SSSR count). The van der Waals surface area contributed by atoms with Crippen molar-refractivity contribution in [3.8, 4) is 11.5 Å². The van der Waals surface area contributed by atoms with Crippen LogP contribution in [-0.4, -0.2) is 23.3 Å². The Kier molecular flexibility index (Phi) is 5.63. The molecule has 0 heterocycles. The minimum Gasteiger partial charge on any atom is -0.508 e. The predicted molar refractivity (Wildman–Crippen MR) is 60.6 cm³/mol. The van der Waals surface area contributed by atoms with Crippen LogP contribution in [0.25, 0.3) is 0 Å². The van der Waals surface area contributed by atoms with E-state index in [4.69, 9.17) is 5.73 Å². The van der Waals surface area contributed by atoms with Gasteiger partial charge in [-0.15, -0.1) is 12.4 Å². The Bertz CT molecular complexity index is 370. The molecule has 1 aromatic carbocycles. The first kappa shape index (κ1) is 14.5. The van der Waals surface area contributed by atoms with Crippen molar-refractivity contribution < 1.29 is 19.7 Å². The van der Waals surface area contributed by atoms with Gasteiger partial charge in [-0.25, -0.2) is 0 Å². The Labute approximate surface area is 99.2 Å². The molecule has 0 spiro atoms. The fraction of sp³-hybridized carbons (Fsp3) is 0.300. The number of carbonyl (C=O) groups excluding carboxylic acids is 1. The average molecular weight is 248 g/mol. The Morgan fingerprint density at radius 1 is 1.50 bits per heavy atom. The SMILES string of the molecule is COC(=O)C[C@@H](N)c1cc(O)ccc1O.Cl. The molecular formula is C10H14ClNO4. The number of methoxy groups -OCH3 is 1. The van der Waals surface area contributed by atoms with Gasteiger partial charge >= 0.3 is 5.97 Å². The fourth-order valence-corrected chi connectivity index (χ4v) is 1.21. The normalized spacial score (nSPS) is 11.4. The number of ether oxygens (including phenoxy) is 1. The van der Waals surface area contributed by atoms with Gasteiger partial charge in [0.2, 0.25) is 0 Å². The highest BCUT2D eigenvalue weighted by Crippen LogP contribution is 2.28. The van der Waals surface area contributed by atoms with Crippen LogP contribution in [0.5, 0.6) is 11.5 Å². The summed E-state index contributed by atoms with van der Waals surface area (Å²) < 4.78 is 4.45. The quantitative estimate of drug-likeness (QED) is 0.549. The van der Waals surface area contributed by atoms with Gasteiger partial charge < -0.3 is 20.7 Å². The highest BCUT2D eigenvalue weighted by molar-refractivity contribution is 5.85. The third kappa shape index (κ3) is 3.60. The molecule has 5 nitrogen and oxygen atoms in total. The molecule has 0 aliphatic carbocycles. The molecular weight excluding hydrogens is 234 g/mol. The molecule has 0 saturated heterocycles. The number of rotatable bonds is 3. The molecule has 0 fully saturated rings. The number of nitrogens with two attached hydrogens (primary N) is 1. The predicted octanol–water partition coefficient (Wildman–Crippen LogP) is 1.08. The van der Waals surface area contributed by atoms with Crippen LogP contribution in [0.2, 0.25) is 0 Å². The summed E-state index contributed by atoms with van der Waals surface area (Å²) in [5, 5.41) is 18.6. The second-order valence-electron chi connectivity index (χ2n) is 3.13. The van der Waals surface area contributed by atoms with Crippen LogP contribution in [0.4, 0.5) is 0 Å². The van der Waals surface area contributed by atoms with Crippen molar-refractivity contribution in [2.45, 2.75) is 12.5 Å². The zero-order valence-corrected chi connectivity index (χ0v) is 9.53. The third-order valence-corrected chi connectivity index (χ3v) is 2.02. The molecule has 0 aliphatic rings. The second kappa shape index (κ2) is 6.19. The van der Waals surface area contributed by atoms with Gasteiger partial charge in [0.1, 0.15) is 11.5 Å². The van der Waals surface area contributed by atoms with Gasteiger partial charge in [-0.3, -0.25) is 4.79 Å². The average Bonchev–Trinajstić information content (AvgIpc) is 2.21. The molecule has 90 valence electrons. The first-order valence-corrected chi connectivity index (χ1v) is 4.39. The molecule has 0 radical (unpaired) electrons. The number of benzene rings is 1. The highest BCUT2D eigenvalue weighted by atomic mass is 35.5. The van der Waals surface area contributed by atoms with Crippen molar-refractivity contribution in [3.63, 3.8) is 0 Å². The standard InChI is InChI=1S/C10H13NO4.ClH/c1-15-10(14)5-8(11)7-4-6(12)2-3-9(7)13;/h2-4,8,12-13H,5,11H2,1H3;1H/t8-;/m1./s1. The number of hydrogen-bond donors (Lipinski definition) is 3. The molecule has 0 amide bonds. The summed E-state index contributed by atoms with van der Waals surface area (Å²) in [7, 11) is 1.26. The Morgan fingerprint density at radius 2 is 2.12 bits per heavy atom. The van der Waals surface area contributed by atoms with Crippen LogP contribution < -0.4 is 5.73 Å². The largest absolute Gasteiger partial charge is 0.508 e. The number of phenolic OH excluding ortho intramolecular Hbond substituents is 2. The van der Waals surface area contributed by atoms with Crippen molar-refractivity contribution in [2.75, 3.05) is 7.11 Å². The zero-order valence-electron chi connectivity index (χ0n) is 8.71. The Morgan fingerprint density at radius 3 is 2.69 bits per heavy atom. The van der Waals surface area contributed by atoms with Crippen LogP contribution in [-0.2, 0) is 9.53 Å². The lowest BCUT2D eigenvalue weighted by atomic mass is 10.0. The summed E-state index contributed by atoms with van der Waals surface area (Å²) in [5.41, 5.74) is 5.99. The maximum Gasteiger partial charge on any atom is 0.307 e. The Hall–Kier alpha value is -1.46. The lowest BCUT2D eigenvalue weighted by molar-refractivity contribution is -0.141. The van der Waals surface area contributed by atoms with E-state index < -0.39 is 12.0 Å². The molecule has 1 aromatic rings. The molecule has 0 aliphatic heterocycles. The summed E-state index contributed by atoms with van der Waals surface area (Å²) in [6, 6.07) is 3.29. The van der Waals surface area contributed by atoms with Crippen molar-refractivity contribution in [1.82, 2.24) is 0 Å². The molecule has 0 unspecified atom stereocenters. The van der Waals surface area contributed by atoms with Crippen LogP contribution >= 0.6 is 12.4 Å². The highest BCUT2D eigenvalue weighted by Gasteiger charge is 2.15. The van der Waals surface area contributed by atoms with Gasteiger partial charge in [0.05, 0.1) is 13.5 Å². The van der Waals surface area contributed by atoms with Crippen LogP contribution in [0.15, 0.2) is 18.2 Å². The lowest BCUT2D eigenvalue weighted by Crippen LogP contribution is -2.16. The monoisotopic (exact) mass is 247 g/mol. The number of halogens is 1. The van der Waals surface area contributed by atoms with Crippen molar-refractivity contribution in [1.29, 1.82) is 0 Å². The smallest absolute Gasteiger partial charge is 0.307 e. The summed E-state index contributed by atoms with van der Waals surface area (Å²) in [4.78, 5) is 10.9. The molecule has 1 atom stereocenters. The van der Waals surface area contributed by atoms with Crippen molar-refractivity contribution in [2.24, 2.45) is 5.73 Å². The van der Waals surface area contributed by atoms with Gasteiger partial charge in [0, 0.05) is 11.6 Å². The van der Waals surface area contributed by atoms with Gasteiger partial charge in [-0.1, -0.05) is 0 Å². The van der Waals surface area contributed by atoms with E-state index >= 15 is 0 Å². The van der Waals surface area contributed by atoms with E-state index in [1.54, 1.807) is 0 Å². The van der Waals surface area contributed by atoms with Crippen LogP contribution in [0, 0.1) is 0 Å². The van der Waals surface area contributed by atoms with Gasteiger partial charge in [-0.05, 0) is 18.2 Å². The number of aromatic hydroxyl groups is 2. The minimum atomic E-state index is -0.690. The first-order valence-electron chi connectivity index (χ1n) is 4.39. The van der Waals surface area contributed by atoms with Crippen molar-refractivity contribution >= 4 is 18.4 Å². The molecule has 16 heavy (non-hydrogen) atoms. The van der Waals surface area contributed by atoms with Gasteiger partial charge in [-0.2, -0.15) is 0 Å². The van der Waals surface area contributed by atoms with E-state index in [1.807, 2.05) is 0 Å². The van der Waals surface area contributed by atoms with E-state index in [0.717, 1.165) is 0 Å². The molecule has 0 aromatic heterocycles. The van der Waals surface area contributed by atoms with E-state index in [0.29, 0.717) is 5.56 Å². The fourth-order valence-electron chi connectivity index (χ4n) is 1.21. The summed E-state index contributed by atoms with van der Waals surface area (Å²) in [6.45, 7) is 0.